The molecule has 0 radical (unpaired) electrons. The zero-order valence-corrected chi connectivity index (χ0v) is 44.6. The Hall–Kier alpha value is -6.20. The van der Waals surface area contributed by atoms with E-state index >= 15 is 0 Å². The largest absolute Gasteiger partial charge is 0.481 e. The Bertz CT molecular complexity index is 2040. The number of carbonyl (C=O) groups is 10. The highest BCUT2D eigenvalue weighted by molar-refractivity contribution is 5.97. The lowest BCUT2D eigenvalue weighted by molar-refractivity contribution is -0.152. The number of aliphatic hydroxyl groups is 1. The average Bonchev–Trinajstić information content (AvgIpc) is 3.28. The van der Waals surface area contributed by atoms with Gasteiger partial charge in [0.1, 0.15) is 42.3 Å². The summed E-state index contributed by atoms with van der Waals surface area (Å²) in [5.74, 6) is -9.61. The molecular formula is C49H81N9O14. The summed E-state index contributed by atoms with van der Waals surface area (Å²) in [5.41, 5.74) is 5.66. The number of aliphatic hydroxyl groups excluding tert-OH is 1. The molecule has 1 aromatic rings. The van der Waals surface area contributed by atoms with Crippen LogP contribution >= 0.6 is 0 Å². The maximum absolute atomic E-state index is 14.6. The second-order valence-corrected chi connectivity index (χ2v) is 20.2. The summed E-state index contributed by atoms with van der Waals surface area (Å²) in [7, 11) is 6.80. The van der Waals surface area contributed by atoms with Crippen LogP contribution in [-0.2, 0) is 59.1 Å². The summed E-state index contributed by atoms with van der Waals surface area (Å²) in [6.45, 7) is 15.3. The molecule has 0 saturated carbocycles. The summed E-state index contributed by atoms with van der Waals surface area (Å²) >= 11 is 0. The number of hydrogen-bond acceptors (Lipinski definition) is 13. The van der Waals surface area contributed by atoms with Crippen LogP contribution in [0, 0.1) is 11.8 Å². The molecule has 23 nitrogen and oxygen atoms in total. The number of aliphatic carboxylic acids is 2. The van der Waals surface area contributed by atoms with Gasteiger partial charge in [-0.15, -0.1) is 0 Å². The average molecular weight is 1020 g/mol. The number of carbonyl (C=O) groups excluding carboxylic acids is 8. The van der Waals surface area contributed by atoms with Crippen molar-refractivity contribution in [3.05, 3.63) is 35.9 Å². The quantitative estimate of drug-likeness (QED) is 0.0565. The van der Waals surface area contributed by atoms with Gasteiger partial charge in [-0.25, -0.2) is 4.79 Å². The number of ether oxygens (including phenoxy) is 1. The van der Waals surface area contributed by atoms with Crippen LogP contribution in [-0.4, -0.2) is 207 Å². The van der Waals surface area contributed by atoms with Gasteiger partial charge >= 0.3 is 11.9 Å². The monoisotopic (exact) mass is 1020 g/mol. The van der Waals surface area contributed by atoms with Gasteiger partial charge in [0, 0.05) is 41.7 Å². The molecule has 0 aliphatic carbocycles. The first-order chi connectivity index (χ1) is 33.1. The van der Waals surface area contributed by atoms with E-state index in [0.29, 0.717) is 5.56 Å². The summed E-state index contributed by atoms with van der Waals surface area (Å²) in [6.07, 6.45) is -2.32. The maximum Gasteiger partial charge on any atom is 0.326 e. The van der Waals surface area contributed by atoms with Gasteiger partial charge in [-0.3, -0.25) is 43.2 Å². The standard InChI is InChI=1S/C49H81N9O14/c1-27(2)21-35(42(64)52-34(26-72-49(8,9)10)41(63)51-33(48(70)71)24-39(61)62)56(13)38(60)25-54(11)47(69)40(31(7)59)53-43(65)36(22-28(3)4)57(14)46(68)37(23-32-19-17-16-18-20-32)58(15)45(67)30(6)55(12)44(66)29(5)50/h16-20,27-31,33-37,40,59H,21-26,50H2,1-15H3,(H,51,63)(H,52,64)(H,53,65)(H,61,62)(H,70,71)/t29-,30-,31+,33-,34-,35-,36-,37-,40-/m0/s1. The molecule has 23 heteroatoms. The zero-order valence-electron chi connectivity index (χ0n) is 44.6. The fourth-order valence-corrected chi connectivity index (χ4v) is 7.39. The Morgan fingerprint density at radius 3 is 1.57 bits per heavy atom. The first-order valence-electron chi connectivity index (χ1n) is 23.9. The molecule has 0 unspecified atom stereocenters. The van der Waals surface area contributed by atoms with Gasteiger partial charge in [0.25, 0.3) is 0 Å². The second kappa shape index (κ2) is 28.7. The van der Waals surface area contributed by atoms with Crippen LogP contribution in [0.15, 0.2) is 30.3 Å². The highest BCUT2D eigenvalue weighted by atomic mass is 16.5. The Labute approximate surface area is 423 Å². The minimum Gasteiger partial charge on any atom is -0.481 e. The summed E-state index contributed by atoms with van der Waals surface area (Å²) in [6, 6.07) is -1.73. The van der Waals surface area contributed by atoms with Gasteiger partial charge < -0.3 is 66.2 Å². The third-order valence-corrected chi connectivity index (χ3v) is 11.8. The number of rotatable bonds is 28. The Balaban J connectivity index is 3.49. The molecule has 0 fully saturated rings. The second-order valence-electron chi connectivity index (χ2n) is 20.2. The molecule has 1 rings (SSSR count). The van der Waals surface area contributed by atoms with Crippen molar-refractivity contribution in [2.75, 3.05) is 48.4 Å². The topological polar surface area (TPSA) is 319 Å². The highest BCUT2D eigenvalue weighted by Crippen LogP contribution is 2.20. The molecule has 0 spiro atoms. The van der Waals surface area contributed by atoms with Crippen molar-refractivity contribution in [3.63, 3.8) is 0 Å². The SMILES string of the molecule is CC(C)C[C@@H](C(=O)N[C@@H](COC(C)(C)C)C(=O)N[C@@H](CC(=O)O)C(=O)O)N(C)C(=O)CN(C)C(=O)[C@@H](NC(=O)[C@H](CC(C)C)N(C)C(=O)[C@H](Cc1ccccc1)N(C)C(=O)[C@H](C)N(C)C(=O)[C@H](C)N)[C@@H](C)O. The van der Waals surface area contributed by atoms with Crippen LogP contribution in [0.3, 0.4) is 0 Å². The number of nitrogens with one attached hydrogen (secondary N) is 3. The lowest BCUT2D eigenvalue weighted by Crippen LogP contribution is -2.61. The third-order valence-electron chi connectivity index (χ3n) is 11.8. The zero-order chi connectivity index (χ0) is 55.7. The molecule has 8 N–H and O–H groups in total. The molecule has 0 heterocycles. The molecule has 8 amide bonds. The normalized spacial score (nSPS) is 15.3. The van der Waals surface area contributed by atoms with E-state index in [4.69, 9.17) is 10.5 Å². The van der Waals surface area contributed by atoms with E-state index in [2.05, 4.69) is 16.0 Å². The van der Waals surface area contributed by atoms with Crippen LogP contribution in [0.2, 0.25) is 0 Å². The minimum absolute atomic E-state index is 0.0328. The van der Waals surface area contributed by atoms with E-state index < -0.39 is 139 Å². The number of benzene rings is 1. The predicted octanol–water partition coefficient (Wildman–Crippen LogP) is -0.336. The van der Waals surface area contributed by atoms with Crippen LogP contribution in [0.1, 0.15) is 94.1 Å². The summed E-state index contributed by atoms with van der Waals surface area (Å²) in [5, 5.41) is 36.8. The lowest BCUT2D eigenvalue weighted by Gasteiger charge is -2.37. The van der Waals surface area contributed by atoms with E-state index in [9.17, 15) is 63.3 Å². The molecule has 0 aromatic heterocycles. The molecule has 0 aliphatic rings. The smallest absolute Gasteiger partial charge is 0.326 e. The number of carboxylic acids is 2. The van der Waals surface area contributed by atoms with Crippen LogP contribution < -0.4 is 21.7 Å². The number of likely N-dealkylation sites (N-methyl/N-ethyl adjacent to an activating group) is 5. The third kappa shape index (κ3) is 20.1. The van der Waals surface area contributed by atoms with E-state index in [1.165, 1.54) is 70.7 Å². The Morgan fingerprint density at radius 1 is 0.625 bits per heavy atom. The molecule has 406 valence electrons. The minimum atomic E-state index is -1.84. The van der Waals surface area contributed by atoms with Gasteiger partial charge in [-0.1, -0.05) is 58.0 Å². The molecule has 1 aromatic carbocycles. The van der Waals surface area contributed by atoms with Gasteiger partial charge in [0.15, 0.2) is 0 Å². The molecular weight excluding hydrogens is 939 g/mol. The Kier molecular flexibility index (Phi) is 25.5. The molecule has 0 saturated heterocycles. The number of amides is 8. The number of nitrogens with zero attached hydrogens (tertiary/aromatic N) is 5. The highest BCUT2D eigenvalue weighted by Gasteiger charge is 2.40. The molecule has 0 bridgehead atoms. The van der Waals surface area contributed by atoms with E-state index in [-0.39, 0.29) is 31.1 Å². The number of nitrogens with two attached hydrogens (primary N) is 1. The van der Waals surface area contributed by atoms with Crippen molar-refractivity contribution < 1.29 is 68.0 Å². The van der Waals surface area contributed by atoms with Gasteiger partial charge in [-0.05, 0) is 71.8 Å². The summed E-state index contributed by atoms with van der Waals surface area (Å²) < 4.78 is 5.73. The maximum atomic E-state index is 14.6. The first-order valence-corrected chi connectivity index (χ1v) is 23.9. The summed E-state index contributed by atoms with van der Waals surface area (Å²) in [4.78, 5) is 140. The van der Waals surface area contributed by atoms with E-state index in [1.807, 2.05) is 13.8 Å². The van der Waals surface area contributed by atoms with Gasteiger partial charge in [0.2, 0.25) is 47.3 Å². The van der Waals surface area contributed by atoms with Crippen molar-refractivity contribution in [3.8, 4) is 0 Å². The van der Waals surface area contributed by atoms with Gasteiger partial charge in [0.05, 0.1) is 37.3 Å². The molecule has 0 aliphatic heterocycles. The van der Waals surface area contributed by atoms with Crippen molar-refractivity contribution >= 4 is 59.2 Å². The van der Waals surface area contributed by atoms with Crippen molar-refractivity contribution in [2.45, 2.75) is 155 Å². The van der Waals surface area contributed by atoms with Crippen LogP contribution in [0.25, 0.3) is 0 Å². The predicted molar refractivity (Wildman–Crippen MR) is 265 cm³/mol. The lowest BCUT2D eigenvalue weighted by atomic mass is 9.98. The fraction of sp³-hybridized carbons (Fsp3) is 0.673. The molecule has 72 heavy (non-hydrogen) atoms. The number of carboxylic acid groups (broad SMARTS) is 2. The van der Waals surface area contributed by atoms with Crippen LogP contribution in [0.4, 0.5) is 0 Å². The number of hydrogen-bond donors (Lipinski definition) is 7. The fourth-order valence-electron chi connectivity index (χ4n) is 7.39. The van der Waals surface area contributed by atoms with Crippen LogP contribution in [0.5, 0.6) is 0 Å². The first kappa shape index (κ1) is 63.8. The van der Waals surface area contributed by atoms with Crippen molar-refractivity contribution in [2.24, 2.45) is 17.6 Å². The van der Waals surface area contributed by atoms with E-state index in [0.717, 1.165) is 9.80 Å². The Morgan fingerprint density at radius 2 is 1.11 bits per heavy atom. The van der Waals surface area contributed by atoms with Crippen molar-refractivity contribution in [1.29, 1.82) is 0 Å². The van der Waals surface area contributed by atoms with Crippen molar-refractivity contribution in [1.82, 2.24) is 40.4 Å². The van der Waals surface area contributed by atoms with Gasteiger partial charge in [-0.2, -0.15) is 0 Å². The van der Waals surface area contributed by atoms with E-state index in [1.54, 1.807) is 65.0 Å². The molecule has 9 atom stereocenters.